The Morgan fingerprint density at radius 1 is 1.28 bits per heavy atom. The molecular weight excluding hydrogens is 482 g/mol. The molecule has 5 nitrogen and oxygen atoms in total. The van der Waals surface area contributed by atoms with Gasteiger partial charge in [-0.25, -0.2) is 4.39 Å². The van der Waals surface area contributed by atoms with Crippen molar-refractivity contribution < 1.29 is 9.13 Å². The van der Waals surface area contributed by atoms with Crippen molar-refractivity contribution in [1.82, 2.24) is 15.5 Å². The minimum absolute atomic E-state index is 0. The van der Waals surface area contributed by atoms with E-state index in [0.717, 1.165) is 50.7 Å². The predicted molar refractivity (Wildman–Crippen MR) is 128 cm³/mol. The maximum absolute atomic E-state index is 13.6. The first-order valence-electron chi connectivity index (χ1n) is 10.5. The topological polar surface area (TPSA) is 48.9 Å². The number of aliphatic imine (C=N–C) groups is 1. The van der Waals surface area contributed by atoms with Crippen LogP contribution >= 0.6 is 24.0 Å². The summed E-state index contributed by atoms with van der Waals surface area (Å²) >= 11 is 0. The van der Waals surface area contributed by atoms with Crippen molar-refractivity contribution in [2.45, 2.75) is 44.6 Å². The molecule has 1 atom stereocenters. The molecule has 0 aliphatic carbocycles. The first-order chi connectivity index (χ1) is 13.5. The maximum atomic E-state index is 13.6. The molecule has 7 heteroatoms. The van der Waals surface area contributed by atoms with Crippen molar-refractivity contribution >= 4 is 29.9 Å². The fourth-order valence-corrected chi connectivity index (χ4v) is 4.06. The van der Waals surface area contributed by atoms with Gasteiger partial charge in [0.05, 0.1) is 6.61 Å². The quantitative estimate of drug-likeness (QED) is 0.345. The lowest BCUT2D eigenvalue weighted by Gasteiger charge is -2.34. The smallest absolute Gasteiger partial charge is 0.191 e. The zero-order valence-electron chi connectivity index (χ0n) is 17.9. The zero-order valence-corrected chi connectivity index (χ0v) is 20.2. The van der Waals surface area contributed by atoms with Gasteiger partial charge in [0.25, 0.3) is 0 Å². The molecule has 2 aliphatic rings. The molecule has 2 aliphatic heterocycles. The normalized spacial score (nSPS) is 21.7. The summed E-state index contributed by atoms with van der Waals surface area (Å²) in [6, 6.07) is 7.29. The molecule has 2 N–H and O–H groups in total. The summed E-state index contributed by atoms with van der Waals surface area (Å²) in [6.07, 6.45) is 3.46. The summed E-state index contributed by atoms with van der Waals surface area (Å²) < 4.78 is 19.1. The Morgan fingerprint density at radius 2 is 2.03 bits per heavy atom. The largest absolute Gasteiger partial charge is 0.381 e. The Bertz CT molecular complexity index is 656. The first-order valence-corrected chi connectivity index (χ1v) is 10.5. The van der Waals surface area contributed by atoms with Gasteiger partial charge in [-0.3, -0.25) is 4.99 Å². The van der Waals surface area contributed by atoms with Crippen LogP contribution in [-0.2, 0) is 10.2 Å². The van der Waals surface area contributed by atoms with E-state index < -0.39 is 0 Å². The molecule has 0 spiro atoms. The number of nitrogens with one attached hydrogen (secondary N) is 2. The average molecular weight is 518 g/mol. The van der Waals surface area contributed by atoms with Crippen molar-refractivity contribution in [1.29, 1.82) is 0 Å². The van der Waals surface area contributed by atoms with E-state index in [4.69, 9.17) is 4.74 Å². The molecule has 2 fully saturated rings. The van der Waals surface area contributed by atoms with Crippen LogP contribution in [0.2, 0.25) is 0 Å². The molecule has 164 valence electrons. The van der Waals surface area contributed by atoms with Crippen LogP contribution in [0, 0.1) is 11.7 Å². The summed E-state index contributed by atoms with van der Waals surface area (Å²) in [5, 5.41) is 7.00. The molecule has 0 aromatic heterocycles. The maximum Gasteiger partial charge on any atom is 0.191 e. The highest BCUT2D eigenvalue weighted by atomic mass is 127. The van der Waals surface area contributed by atoms with Crippen molar-refractivity contribution in [3.63, 3.8) is 0 Å². The molecule has 0 amide bonds. The molecule has 2 saturated heterocycles. The number of guanidine groups is 1. The van der Waals surface area contributed by atoms with Gasteiger partial charge in [0.15, 0.2) is 5.96 Å². The van der Waals surface area contributed by atoms with Crippen LogP contribution in [0.5, 0.6) is 0 Å². The minimum atomic E-state index is -0.191. The molecule has 1 aromatic carbocycles. The Balaban J connectivity index is 0.00000300. The Morgan fingerprint density at radius 3 is 2.66 bits per heavy atom. The second-order valence-corrected chi connectivity index (χ2v) is 8.77. The highest BCUT2D eigenvalue weighted by molar-refractivity contribution is 14.0. The molecule has 0 saturated carbocycles. The molecule has 29 heavy (non-hydrogen) atoms. The van der Waals surface area contributed by atoms with Crippen LogP contribution in [0.4, 0.5) is 4.39 Å². The molecule has 0 radical (unpaired) electrons. The van der Waals surface area contributed by atoms with Gasteiger partial charge in [-0.05, 0) is 42.9 Å². The van der Waals surface area contributed by atoms with Gasteiger partial charge in [0.2, 0.25) is 0 Å². The molecule has 2 heterocycles. The van der Waals surface area contributed by atoms with Gasteiger partial charge in [-0.2, -0.15) is 0 Å². The summed E-state index contributed by atoms with van der Waals surface area (Å²) in [5.74, 6) is 1.35. The first kappa shape index (κ1) is 24.3. The van der Waals surface area contributed by atoms with Gasteiger partial charge in [0, 0.05) is 51.3 Å². The lowest BCUT2D eigenvalue weighted by molar-refractivity contribution is 0.150. The van der Waals surface area contributed by atoms with E-state index in [1.165, 1.54) is 19.0 Å². The Hall–Kier alpha value is -0.930. The lowest BCUT2D eigenvalue weighted by Crippen LogP contribution is -2.51. The van der Waals surface area contributed by atoms with Crippen LogP contribution in [0.25, 0.3) is 0 Å². The van der Waals surface area contributed by atoms with Crippen molar-refractivity contribution in [3.05, 3.63) is 35.6 Å². The number of likely N-dealkylation sites (tertiary alicyclic amines) is 1. The number of ether oxygens (including phenoxy) is 1. The second-order valence-electron chi connectivity index (χ2n) is 8.77. The fourth-order valence-electron chi connectivity index (χ4n) is 4.06. The van der Waals surface area contributed by atoms with Crippen molar-refractivity contribution in [2.24, 2.45) is 10.9 Å². The third-order valence-corrected chi connectivity index (χ3v) is 6.00. The highest BCUT2D eigenvalue weighted by Crippen LogP contribution is 2.23. The summed E-state index contributed by atoms with van der Waals surface area (Å²) in [5.41, 5.74) is 0.798. The van der Waals surface area contributed by atoms with Crippen molar-refractivity contribution in [2.75, 3.05) is 46.4 Å². The van der Waals surface area contributed by atoms with Gasteiger partial charge < -0.3 is 20.3 Å². The second kappa shape index (κ2) is 11.5. The number of hydrogen-bond donors (Lipinski definition) is 2. The molecule has 1 unspecified atom stereocenters. The van der Waals surface area contributed by atoms with Crippen LogP contribution in [0.15, 0.2) is 29.3 Å². The number of nitrogens with zero attached hydrogens (tertiary/aromatic N) is 2. The van der Waals surface area contributed by atoms with Gasteiger partial charge in [-0.15, -0.1) is 24.0 Å². The number of hydrogen-bond acceptors (Lipinski definition) is 3. The van der Waals surface area contributed by atoms with E-state index in [-0.39, 0.29) is 35.2 Å². The monoisotopic (exact) mass is 518 g/mol. The predicted octanol–water partition coefficient (Wildman–Crippen LogP) is 3.39. The molecule has 0 bridgehead atoms. The SMILES string of the molecule is CN=C(NCC(C)(C)c1cccc(F)c1)NC1CCN(CC2CCOC2)CC1.I. The van der Waals surface area contributed by atoms with E-state index in [9.17, 15) is 4.39 Å². The lowest BCUT2D eigenvalue weighted by atomic mass is 9.84. The average Bonchev–Trinajstić information content (AvgIpc) is 3.19. The van der Waals surface area contributed by atoms with E-state index in [1.807, 2.05) is 6.07 Å². The summed E-state index contributed by atoms with van der Waals surface area (Å²) in [6.45, 7) is 10.2. The molecule has 1 aromatic rings. The van der Waals surface area contributed by atoms with E-state index in [2.05, 4.69) is 34.4 Å². The number of benzene rings is 1. The third-order valence-electron chi connectivity index (χ3n) is 6.00. The molecular formula is C22H36FIN4O. The Labute approximate surface area is 191 Å². The summed E-state index contributed by atoms with van der Waals surface area (Å²) in [4.78, 5) is 6.96. The van der Waals surface area contributed by atoms with Crippen LogP contribution in [0.3, 0.4) is 0 Å². The van der Waals surface area contributed by atoms with Gasteiger partial charge in [-0.1, -0.05) is 26.0 Å². The minimum Gasteiger partial charge on any atom is -0.381 e. The highest BCUT2D eigenvalue weighted by Gasteiger charge is 2.25. The van der Waals surface area contributed by atoms with Crippen molar-refractivity contribution in [3.8, 4) is 0 Å². The van der Waals surface area contributed by atoms with Gasteiger partial charge >= 0.3 is 0 Å². The van der Waals surface area contributed by atoms with Crippen LogP contribution in [0.1, 0.15) is 38.7 Å². The Kier molecular flexibility index (Phi) is 9.62. The third kappa shape index (κ3) is 7.36. The number of halogens is 2. The van der Waals surface area contributed by atoms with E-state index in [0.29, 0.717) is 18.5 Å². The van der Waals surface area contributed by atoms with E-state index in [1.54, 1.807) is 19.2 Å². The zero-order chi connectivity index (χ0) is 20.0. The summed E-state index contributed by atoms with van der Waals surface area (Å²) in [7, 11) is 1.81. The van der Waals surface area contributed by atoms with E-state index >= 15 is 0 Å². The molecule has 3 rings (SSSR count). The number of piperidine rings is 1. The number of rotatable bonds is 6. The van der Waals surface area contributed by atoms with Crippen LogP contribution in [-0.4, -0.2) is 63.3 Å². The van der Waals surface area contributed by atoms with Gasteiger partial charge in [0.1, 0.15) is 5.82 Å². The standard InChI is InChI=1S/C22H35FN4O.HI/c1-22(2,18-5-4-6-19(23)13-18)16-25-21(24-3)26-20-7-10-27(11-8-20)14-17-9-12-28-15-17;/h4-6,13,17,20H,7-12,14-16H2,1-3H3,(H2,24,25,26);1H. The van der Waals surface area contributed by atoms with Crippen LogP contribution < -0.4 is 10.6 Å². The fraction of sp³-hybridized carbons (Fsp3) is 0.682.